The summed E-state index contributed by atoms with van der Waals surface area (Å²) in [4.78, 5) is 26.3. The van der Waals surface area contributed by atoms with Crippen LogP contribution >= 0.6 is 11.6 Å². The minimum Gasteiger partial charge on any atom is -0.549 e. The van der Waals surface area contributed by atoms with Gasteiger partial charge in [-0.15, -0.1) is 0 Å². The zero-order valence-electron chi connectivity index (χ0n) is 21.1. The molecule has 0 spiro atoms. The van der Waals surface area contributed by atoms with Gasteiger partial charge in [-0.25, -0.2) is 0 Å². The molecule has 0 saturated carbocycles. The summed E-state index contributed by atoms with van der Waals surface area (Å²) in [5, 5.41) is 11.7. The number of methoxy groups -OCH3 is 2. The van der Waals surface area contributed by atoms with Gasteiger partial charge in [0.15, 0.2) is 0 Å². The molecule has 0 radical (unpaired) electrons. The molecule has 1 atom stereocenters. The summed E-state index contributed by atoms with van der Waals surface area (Å²) in [6.45, 7) is 2.58. The van der Waals surface area contributed by atoms with Gasteiger partial charge < -0.3 is 33.7 Å². The van der Waals surface area contributed by atoms with Crippen molar-refractivity contribution in [3.05, 3.63) is 70.7 Å². The molecule has 3 aromatic rings. The first-order valence-corrected chi connectivity index (χ1v) is 11.7. The number of carboxylic acid groups (broad SMARTS) is 1. The van der Waals surface area contributed by atoms with Crippen LogP contribution in [-0.2, 0) is 4.79 Å². The molecule has 1 aliphatic heterocycles. The monoisotopic (exact) mass is 533 g/mol. The number of halogens is 1. The standard InChI is InChI=1S/C27H26ClNO7.Na/c1-4-29(17-11-19(33-2)13-20(12-17)34-3)26(30)16-5-7-18(8-6-16)36-25-15-24-22(14-23(25)28)21(27(31)32)9-10-35-24;/h5-8,11-15,21H,4,9-10H2,1-3H3,(H,31,32);/q;+1/p-1. The van der Waals surface area contributed by atoms with Crippen LogP contribution in [0.3, 0.4) is 0 Å². The first-order chi connectivity index (χ1) is 17.3. The van der Waals surface area contributed by atoms with Gasteiger partial charge in [0.2, 0.25) is 0 Å². The van der Waals surface area contributed by atoms with E-state index in [9.17, 15) is 14.7 Å². The zero-order valence-corrected chi connectivity index (χ0v) is 23.8. The van der Waals surface area contributed by atoms with E-state index in [0.717, 1.165) is 0 Å². The number of rotatable bonds is 8. The van der Waals surface area contributed by atoms with Gasteiger partial charge in [-0.2, -0.15) is 0 Å². The maximum atomic E-state index is 13.3. The number of carboxylic acids is 1. The number of benzene rings is 3. The van der Waals surface area contributed by atoms with Gasteiger partial charge in [0.05, 0.1) is 31.5 Å². The molecule has 188 valence electrons. The van der Waals surface area contributed by atoms with Gasteiger partial charge in [0, 0.05) is 53.8 Å². The van der Waals surface area contributed by atoms with Crippen molar-refractivity contribution in [2.24, 2.45) is 0 Å². The first-order valence-electron chi connectivity index (χ1n) is 11.3. The molecular weight excluding hydrogens is 509 g/mol. The van der Waals surface area contributed by atoms with Crippen molar-refractivity contribution in [2.75, 3.05) is 32.3 Å². The average molecular weight is 534 g/mol. The molecule has 1 unspecified atom stereocenters. The van der Waals surface area contributed by atoms with Crippen molar-refractivity contribution in [3.8, 4) is 28.7 Å². The van der Waals surface area contributed by atoms with E-state index in [1.54, 1.807) is 67.7 Å². The Balaban J connectivity index is 0.00000380. The Morgan fingerprint density at radius 1 is 1.03 bits per heavy atom. The number of anilines is 1. The van der Waals surface area contributed by atoms with Crippen LogP contribution in [0.15, 0.2) is 54.6 Å². The van der Waals surface area contributed by atoms with Gasteiger partial charge in [0.1, 0.15) is 28.7 Å². The van der Waals surface area contributed by atoms with Crippen molar-refractivity contribution in [3.63, 3.8) is 0 Å². The summed E-state index contributed by atoms with van der Waals surface area (Å²) in [5.74, 6) is 0.169. The normalized spacial score (nSPS) is 13.9. The fourth-order valence-corrected chi connectivity index (χ4v) is 4.26. The third kappa shape index (κ3) is 6.33. The Morgan fingerprint density at radius 3 is 2.24 bits per heavy atom. The summed E-state index contributed by atoms with van der Waals surface area (Å²) < 4.78 is 22.2. The summed E-state index contributed by atoms with van der Waals surface area (Å²) in [6, 6.07) is 15.0. The molecular formula is C27H25ClNNaO7. The summed E-state index contributed by atoms with van der Waals surface area (Å²) in [5.41, 5.74) is 1.57. The number of aliphatic carboxylic acids is 1. The largest absolute Gasteiger partial charge is 1.00 e. The molecule has 0 aliphatic carbocycles. The molecule has 0 saturated heterocycles. The fraction of sp³-hybridized carbons (Fsp3) is 0.259. The summed E-state index contributed by atoms with van der Waals surface area (Å²) in [6.07, 6.45) is 0.318. The van der Waals surface area contributed by atoms with Gasteiger partial charge in [-0.3, -0.25) is 4.79 Å². The zero-order chi connectivity index (χ0) is 25.8. The number of hydrogen-bond donors (Lipinski definition) is 0. The fourth-order valence-electron chi connectivity index (χ4n) is 4.05. The number of amides is 1. The minimum absolute atomic E-state index is 0. The molecule has 1 aliphatic rings. The Hall–Kier alpha value is -2.91. The van der Waals surface area contributed by atoms with Crippen molar-refractivity contribution >= 4 is 29.2 Å². The van der Waals surface area contributed by atoms with E-state index >= 15 is 0 Å². The van der Waals surface area contributed by atoms with E-state index in [1.807, 2.05) is 6.92 Å². The summed E-state index contributed by atoms with van der Waals surface area (Å²) in [7, 11) is 3.11. The number of carbonyl (C=O) groups excluding carboxylic acids is 2. The number of ether oxygens (including phenoxy) is 4. The van der Waals surface area contributed by atoms with Crippen molar-refractivity contribution < 1.29 is 63.2 Å². The molecule has 10 heteroatoms. The van der Waals surface area contributed by atoms with Crippen LogP contribution in [0, 0.1) is 0 Å². The van der Waals surface area contributed by atoms with Crippen molar-refractivity contribution in [2.45, 2.75) is 19.3 Å². The van der Waals surface area contributed by atoms with E-state index in [-0.39, 0.29) is 47.1 Å². The Morgan fingerprint density at radius 2 is 1.68 bits per heavy atom. The van der Waals surface area contributed by atoms with Crippen LogP contribution < -0.4 is 58.5 Å². The Labute approximate surface area is 242 Å². The van der Waals surface area contributed by atoms with E-state index in [1.165, 1.54) is 6.07 Å². The van der Waals surface area contributed by atoms with Crippen molar-refractivity contribution in [1.82, 2.24) is 0 Å². The second-order valence-electron chi connectivity index (χ2n) is 8.08. The minimum atomic E-state index is -1.17. The Bertz CT molecular complexity index is 1260. The van der Waals surface area contributed by atoms with Gasteiger partial charge in [0.25, 0.3) is 5.91 Å². The molecule has 0 fully saturated rings. The predicted molar refractivity (Wildman–Crippen MR) is 133 cm³/mol. The van der Waals surface area contributed by atoms with Crippen LogP contribution in [0.2, 0.25) is 5.02 Å². The van der Waals surface area contributed by atoms with E-state index in [2.05, 4.69) is 0 Å². The van der Waals surface area contributed by atoms with Crippen LogP contribution in [0.25, 0.3) is 0 Å². The molecule has 0 aromatic heterocycles. The quantitative estimate of drug-likeness (QED) is 0.404. The average Bonchev–Trinajstić information content (AvgIpc) is 2.89. The molecule has 0 bridgehead atoms. The maximum absolute atomic E-state index is 13.3. The topological polar surface area (TPSA) is 97.4 Å². The van der Waals surface area contributed by atoms with Gasteiger partial charge in [-0.05, 0) is 43.7 Å². The molecule has 4 rings (SSSR count). The number of carbonyl (C=O) groups is 2. The maximum Gasteiger partial charge on any atom is 1.00 e. The second-order valence-corrected chi connectivity index (χ2v) is 8.48. The van der Waals surface area contributed by atoms with Crippen LogP contribution in [0.5, 0.6) is 28.7 Å². The third-order valence-corrected chi connectivity index (χ3v) is 6.22. The number of nitrogens with zero attached hydrogens (tertiary/aromatic N) is 1. The molecule has 8 nitrogen and oxygen atoms in total. The molecule has 1 heterocycles. The second kappa shape index (κ2) is 12.6. The smallest absolute Gasteiger partial charge is 0.549 e. The Kier molecular flexibility index (Phi) is 9.73. The molecule has 1 amide bonds. The molecule has 0 N–H and O–H groups in total. The van der Waals surface area contributed by atoms with Gasteiger partial charge in [-0.1, -0.05) is 11.6 Å². The van der Waals surface area contributed by atoms with Gasteiger partial charge >= 0.3 is 29.6 Å². The predicted octanol–water partition coefficient (Wildman–Crippen LogP) is 1.44. The van der Waals surface area contributed by atoms with Crippen LogP contribution in [-0.4, -0.2) is 39.2 Å². The van der Waals surface area contributed by atoms with Crippen LogP contribution in [0.4, 0.5) is 5.69 Å². The number of fused-ring (bicyclic) bond motifs is 1. The third-order valence-electron chi connectivity index (χ3n) is 5.93. The summed E-state index contributed by atoms with van der Waals surface area (Å²) >= 11 is 6.37. The van der Waals surface area contributed by atoms with Crippen LogP contribution in [0.1, 0.15) is 35.2 Å². The van der Waals surface area contributed by atoms with E-state index in [0.29, 0.717) is 58.5 Å². The molecule has 37 heavy (non-hydrogen) atoms. The SMILES string of the molecule is CCN(C(=O)c1ccc(Oc2cc3c(cc2Cl)C(C(=O)[O-])CCO3)cc1)c1cc(OC)cc(OC)c1.[Na+]. The molecule has 3 aromatic carbocycles. The van der Waals surface area contributed by atoms with E-state index < -0.39 is 11.9 Å². The van der Waals surface area contributed by atoms with E-state index in [4.69, 9.17) is 30.5 Å². The van der Waals surface area contributed by atoms with Crippen molar-refractivity contribution in [1.29, 1.82) is 0 Å². The first kappa shape index (κ1) is 28.7. The number of hydrogen-bond acceptors (Lipinski definition) is 7.